The molecule has 5 rings (SSSR count). The number of hydrogen-bond acceptors (Lipinski definition) is 6. The number of H-pyrrole nitrogens is 1. The number of piperidine rings is 1. The lowest BCUT2D eigenvalue weighted by molar-refractivity contribution is 0.394. The number of fused-ring (bicyclic) bond motifs is 1. The van der Waals surface area contributed by atoms with E-state index in [1.807, 2.05) is 34.9 Å². The van der Waals surface area contributed by atoms with Gasteiger partial charge in [-0.25, -0.2) is 9.97 Å². The van der Waals surface area contributed by atoms with Gasteiger partial charge in [0.2, 0.25) is 11.8 Å². The lowest BCUT2D eigenvalue weighted by Crippen LogP contribution is -2.35. The van der Waals surface area contributed by atoms with E-state index in [2.05, 4.69) is 32.0 Å². The summed E-state index contributed by atoms with van der Waals surface area (Å²) < 4.78 is 7.35. The highest BCUT2D eigenvalue weighted by Crippen LogP contribution is 2.27. The molecule has 0 bridgehead atoms. The van der Waals surface area contributed by atoms with E-state index >= 15 is 0 Å². The van der Waals surface area contributed by atoms with Crippen molar-refractivity contribution in [1.29, 1.82) is 0 Å². The number of anilines is 1. The predicted molar refractivity (Wildman–Crippen MR) is 117 cm³/mol. The van der Waals surface area contributed by atoms with Gasteiger partial charge in [0.25, 0.3) is 0 Å². The molecule has 0 aromatic carbocycles. The molecular formula is C21H24ClN7O. The molecule has 1 saturated heterocycles. The van der Waals surface area contributed by atoms with Crippen LogP contribution in [0.4, 0.5) is 5.95 Å². The molecule has 0 saturated carbocycles. The van der Waals surface area contributed by atoms with Crippen molar-refractivity contribution in [1.82, 2.24) is 29.5 Å². The van der Waals surface area contributed by atoms with Gasteiger partial charge in [-0.3, -0.25) is 9.50 Å². The van der Waals surface area contributed by atoms with E-state index in [4.69, 9.17) is 21.3 Å². The molecule has 0 amide bonds. The zero-order valence-electron chi connectivity index (χ0n) is 17.0. The highest BCUT2D eigenvalue weighted by atomic mass is 35.5. The van der Waals surface area contributed by atoms with Gasteiger partial charge in [0.15, 0.2) is 0 Å². The molecule has 4 aromatic heterocycles. The van der Waals surface area contributed by atoms with E-state index in [9.17, 15) is 0 Å². The Balaban J connectivity index is 0.000000383. The van der Waals surface area contributed by atoms with Crippen molar-refractivity contribution in [3.05, 3.63) is 54.1 Å². The molecule has 156 valence electrons. The van der Waals surface area contributed by atoms with Crippen LogP contribution in [0.5, 0.6) is 5.88 Å². The molecule has 0 radical (unpaired) electrons. The largest absolute Gasteiger partial charge is 0.481 e. The Hall–Kier alpha value is -3.13. The fourth-order valence-corrected chi connectivity index (χ4v) is 3.68. The highest BCUT2D eigenvalue weighted by Gasteiger charge is 2.21. The van der Waals surface area contributed by atoms with Crippen molar-refractivity contribution in [3.63, 3.8) is 0 Å². The van der Waals surface area contributed by atoms with Crippen molar-refractivity contribution < 1.29 is 4.74 Å². The van der Waals surface area contributed by atoms with E-state index in [1.165, 1.54) is 6.42 Å². The molecule has 0 aliphatic carbocycles. The zero-order valence-corrected chi connectivity index (χ0v) is 17.8. The van der Waals surface area contributed by atoms with Crippen molar-refractivity contribution in [2.45, 2.75) is 19.8 Å². The standard InChI is InChI=1S/C18H20ClN5O.C3H4N2/c1-12-4-3-7-23(10-12)18-21-14(8-17(22-18)25-2)15-9-20-16-6-5-13(19)11-24(15)16;1-2-4-5-3-1/h5-6,8-9,11-12H,3-4,7,10H2,1-2H3;1-3H,(H,4,5). The number of aromatic nitrogens is 6. The molecule has 1 unspecified atom stereocenters. The molecular weight excluding hydrogens is 402 g/mol. The van der Waals surface area contributed by atoms with Gasteiger partial charge in [-0.15, -0.1) is 0 Å². The lowest BCUT2D eigenvalue weighted by Gasteiger charge is -2.31. The van der Waals surface area contributed by atoms with Gasteiger partial charge in [0.1, 0.15) is 5.65 Å². The number of nitrogens with one attached hydrogen (secondary N) is 1. The number of ether oxygens (including phenoxy) is 1. The van der Waals surface area contributed by atoms with Crippen LogP contribution in [0, 0.1) is 5.92 Å². The summed E-state index contributed by atoms with van der Waals surface area (Å²) >= 11 is 6.15. The average Bonchev–Trinajstić information content (AvgIpc) is 3.46. The van der Waals surface area contributed by atoms with Gasteiger partial charge in [-0.1, -0.05) is 18.5 Å². The zero-order chi connectivity index (χ0) is 20.9. The third-order valence-corrected chi connectivity index (χ3v) is 5.20. The minimum Gasteiger partial charge on any atom is -0.481 e. The number of nitrogens with zero attached hydrogens (tertiary/aromatic N) is 6. The molecule has 1 aliphatic rings. The van der Waals surface area contributed by atoms with Crippen LogP contribution in [-0.2, 0) is 0 Å². The van der Waals surface area contributed by atoms with Crippen LogP contribution >= 0.6 is 11.6 Å². The molecule has 0 spiro atoms. The summed E-state index contributed by atoms with van der Waals surface area (Å²) in [7, 11) is 1.63. The SMILES string of the molecule is COc1cc(-c2cnc3ccc(Cl)cn23)nc(N2CCCC(C)C2)n1.c1cn[nH]c1. The second-order valence-corrected chi connectivity index (χ2v) is 7.71. The van der Waals surface area contributed by atoms with Crippen LogP contribution in [0.25, 0.3) is 17.0 Å². The minimum absolute atomic E-state index is 0.551. The van der Waals surface area contributed by atoms with Crippen LogP contribution in [-0.4, -0.2) is 49.7 Å². The third-order valence-electron chi connectivity index (χ3n) is 4.98. The summed E-state index contributed by atoms with van der Waals surface area (Å²) in [5.41, 5.74) is 2.46. The molecule has 1 atom stereocenters. The second kappa shape index (κ2) is 9.13. The third kappa shape index (κ3) is 4.54. The van der Waals surface area contributed by atoms with Gasteiger partial charge in [0, 0.05) is 37.7 Å². The molecule has 30 heavy (non-hydrogen) atoms. The number of imidazole rings is 1. The molecule has 1 N–H and O–H groups in total. The van der Waals surface area contributed by atoms with Crippen LogP contribution in [0.2, 0.25) is 5.02 Å². The second-order valence-electron chi connectivity index (χ2n) is 7.27. The summed E-state index contributed by atoms with van der Waals surface area (Å²) in [5, 5.41) is 6.86. The first-order chi connectivity index (χ1) is 14.6. The quantitative estimate of drug-likeness (QED) is 0.532. The maximum Gasteiger partial charge on any atom is 0.229 e. The Morgan fingerprint density at radius 3 is 2.87 bits per heavy atom. The van der Waals surface area contributed by atoms with Crippen molar-refractivity contribution in [3.8, 4) is 17.3 Å². The van der Waals surface area contributed by atoms with Gasteiger partial charge in [-0.05, 0) is 37.0 Å². The first-order valence-electron chi connectivity index (χ1n) is 9.89. The van der Waals surface area contributed by atoms with Crippen LogP contribution in [0.1, 0.15) is 19.8 Å². The number of aromatic amines is 1. The Kier molecular flexibility index (Phi) is 6.13. The Bertz CT molecular complexity index is 1080. The van der Waals surface area contributed by atoms with Crippen LogP contribution in [0.15, 0.2) is 49.1 Å². The molecule has 5 heterocycles. The Labute approximate surface area is 179 Å². The van der Waals surface area contributed by atoms with Crippen molar-refractivity contribution in [2.75, 3.05) is 25.1 Å². The van der Waals surface area contributed by atoms with E-state index in [0.717, 1.165) is 36.5 Å². The number of rotatable bonds is 3. The van der Waals surface area contributed by atoms with Crippen molar-refractivity contribution >= 4 is 23.2 Å². The van der Waals surface area contributed by atoms with E-state index in [0.29, 0.717) is 22.8 Å². The van der Waals surface area contributed by atoms with E-state index < -0.39 is 0 Å². The van der Waals surface area contributed by atoms with Gasteiger partial charge < -0.3 is 9.64 Å². The van der Waals surface area contributed by atoms with Gasteiger partial charge in [0.05, 0.1) is 29.7 Å². The van der Waals surface area contributed by atoms with Crippen LogP contribution < -0.4 is 9.64 Å². The fraction of sp³-hybridized carbons (Fsp3) is 0.333. The Morgan fingerprint density at radius 2 is 2.17 bits per heavy atom. The number of methoxy groups -OCH3 is 1. The highest BCUT2D eigenvalue weighted by molar-refractivity contribution is 6.30. The van der Waals surface area contributed by atoms with E-state index in [1.54, 1.807) is 25.7 Å². The summed E-state index contributed by atoms with van der Waals surface area (Å²) in [4.78, 5) is 16.0. The normalized spacial score (nSPS) is 16.2. The maximum atomic E-state index is 6.15. The molecule has 9 heteroatoms. The first-order valence-corrected chi connectivity index (χ1v) is 10.3. The monoisotopic (exact) mass is 425 g/mol. The molecule has 1 aliphatic heterocycles. The van der Waals surface area contributed by atoms with E-state index in [-0.39, 0.29) is 0 Å². The molecule has 8 nitrogen and oxygen atoms in total. The van der Waals surface area contributed by atoms with Gasteiger partial charge >= 0.3 is 0 Å². The topological polar surface area (TPSA) is 84.2 Å². The number of pyridine rings is 1. The summed E-state index contributed by atoms with van der Waals surface area (Å²) in [6, 6.07) is 7.38. The maximum absolute atomic E-state index is 6.15. The van der Waals surface area contributed by atoms with Crippen LogP contribution in [0.3, 0.4) is 0 Å². The minimum atomic E-state index is 0.551. The smallest absolute Gasteiger partial charge is 0.229 e. The number of hydrogen-bond donors (Lipinski definition) is 1. The van der Waals surface area contributed by atoms with Gasteiger partial charge in [-0.2, -0.15) is 10.1 Å². The molecule has 1 fully saturated rings. The lowest BCUT2D eigenvalue weighted by atomic mass is 10.0. The summed E-state index contributed by atoms with van der Waals surface area (Å²) in [6.45, 7) is 4.20. The number of halogens is 1. The first kappa shape index (κ1) is 20.2. The molecule has 4 aromatic rings. The van der Waals surface area contributed by atoms with Crippen molar-refractivity contribution in [2.24, 2.45) is 5.92 Å². The Morgan fingerprint density at radius 1 is 1.27 bits per heavy atom. The summed E-state index contributed by atoms with van der Waals surface area (Å²) in [6.07, 6.45) is 9.51. The fourth-order valence-electron chi connectivity index (χ4n) is 3.52. The summed E-state index contributed by atoms with van der Waals surface area (Å²) in [5.74, 6) is 1.90. The average molecular weight is 426 g/mol. The predicted octanol–water partition coefficient (Wildman–Crippen LogP) is 4.10.